The van der Waals surface area contributed by atoms with E-state index in [4.69, 9.17) is 4.43 Å². The first kappa shape index (κ1) is 15.4. The Labute approximate surface area is 102 Å². The van der Waals surface area contributed by atoms with Crippen molar-refractivity contribution in [3.05, 3.63) is 12.7 Å². The number of hydrogen-bond acceptors (Lipinski definition) is 2. The highest BCUT2D eigenvalue weighted by Crippen LogP contribution is 2.27. The van der Waals surface area contributed by atoms with E-state index in [1.807, 2.05) is 0 Å². The van der Waals surface area contributed by atoms with Crippen LogP contribution in [-0.4, -0.2) is 15.0 Å². The molecule has 0 aliphatic carbocycles. The van der Waals surface area contributed by atoms with Gasteiger partial charge in [0.2, 0.25) is 0 Å². The van der Waals surface area contributed by atoms with Gasteiger partial charge in [-0.2, -0.15) is 0 Å². The molecule has 0 amide bonds. The van der Waals surface area contributed by atoms with Gasteiger partial charge in [0.15, 0.2) is 0 Å². The molecule has 0 rings (SSSR count). The number of unbranched alkanes of at least 4 members (excludes halogenated alkanes) is 1. The standard InChI is InChI=1S/C13H25O2Si/c1-5-9-11-12(10-6-2)16(8-4)15-13(14)7-3/h7,12H,3,5-6,8-11H2,1-2,4H3. The first-order valence-corrected chi connectivity index (χ1v) is 8.08. The SMILES string of the molecule is C=CC(=O)O[Si](CC)C(CCC)CCCC. The minimum atomic E-state index is -0.989. The first-order chi connectivity index (χ1) is 7.69. The molecule has 0 spiro atoms. The van der Waals surface area contributed by atoms with Gasteiger partial charge in [-0.3, -0.25) is 0 Å². The Hall–Kier alpha value is -0.573. The smallest absolute Gasteiger partial charge is 0.316 e. The normalized spacial score (nSPS) is 12.5. The summed E-state index contributed by atoms with van der Waals surface area (Å²) in [5.41, 5.74) is 0.615. The zero-order valence-corrected chi connectivity index (χ0v) is 11.9. The van der Waals surface area contributed by atoms with Gasteiger partial charge in [-0.05, 0) is 18.0 Å². The highest BCUT2D eigenvalue weighted by molar-refractivity contribution is 6.55. The second kappa shape index (κ2) is 9.64. The Morgan fingerprint density at radius 3 is 2.44 bits per heavy atom. The molecule has 0 heterocycles. The fourth-order valence-electron chi connectivity index (χ4n) is 1.88. The summed E-state index contributed by atoms with van der Waals surface area (Å²) in [6, 6.07) is 0.999. The molecule has 93 valence electrons. The summed E-state index contributed by atoms with van der Waals surface area (Å²) in [6.45, 7) is 9.98. The molecular formula is C13H25O2Si. The predicted octanol–water partition coefficient (Wildman–Crippen LogP) is 4.09. The van der Waals surface area contributed by atoms with Crippen molar-refractivity contribution < 1.29 is 9.22 Å². The van der Waals surface area contributed by atoms with Crippen molar-refractivity contribution in [2.24, 2.45) is 0 Å². The number of carbonyl (C=O) groups is 1. The van der Waals surface area contributed by atoms with Crippen LogP contribution < -0.4 is 0 Å². The third kappa shape index (κ3) is 6.11. The second-order valence-electron chi connectivity index (χ2n) is 4.07. The van der Waals surface area contributed by atoms with Gasteiger partial charge in [0.25, 0.3) is 9.04 Å². The summed E-state index contributed by atoms with van der Waals surface area (Å²) in [4.78, 5) is 11.2. The van der Waals surface area contributed by atoms with Crippen molar-refractivity contribution in [1.29, 1.82) is 0 Å². The lowest BCUT2D eigenvalue weighted by molar-refractivity contribution is -0.129. The van der Waals surface area contributed by atoms with Crippen molar-refractivity contribution in [3.8, 4) is 0 Å². The summed E-state index contributed by atoms with van der Waals surface area (Å²) in [7, 11) is -0.989. The van der Waals surface area contributed by atoms with E-state index in [1.54, 1.807) is 0 Å². The molecule has 0 aliphatic rings. The van der Waals surface area contributed by atoms with Gasteiger partial charge < -0.3 is 4.43 Å². The summed E-state index contributed by atoms with van der Waals surface area (Å²) in [5.74, 6) is -0.242. The van der Waals surface area contributed by atoms with Crippen LogP contribution in [0.5, 0.6) is 0 Å². The maximum atomic E-state index is 11.2. The Bertz CT molecular complexity index is 204. The van der Waals surface area contributed by atoms with Gasteiger partial charge in [-0.1, -0.05) is 53.0 Å². The van der Waals surface area contributed by atoms with E-state index in [-0.39, 0.29) is 5.97 Å². The van der Waals surface area contributed by atoms with Crippen molar-refractivity contribution in [2.45, 2.75) is 64.5 Å². The van der Waals surface area contributed by atoms with E-state index in [1.165, 1.54) is 38.2 Å². The van der Waals surface area contributed by atoms with Gasteiger partial charge in [-0.25, -0.2) is 4.79 Å². The van der Waals surface area contributed by atoms with Crippen LogP contribution in [0.15, 0.2) is 12.7 Å². The van der Waals surface area contributed by atoms with Gasteiger partial charge in [0, 0.05) is 6.08 Å². The molecule has 2 nitrogen and oxygen atoms in total. The lowest BCUT2D eigenvalue weighted by atomic mass is 10.1. The Morgan fingerprint density at radius 2 is 2.00 bits per heavy atom. The van der Waals surface area contributed by atoms with E-state index in [2.05, 4.69) is 27.4 Å². The fraction of sp³-hybridized carbons (Fsp3) is 0.769. The number of carbonyl (C=O) groups excluding carboxylic acids is 1. The summed E-state index contributed by atoms with van der Waals surface area (Å²) >= 11 is 0. The predicted molar refractivity (Wildman–Crippen MR) is 70.7 cm³/mol. The highest BCUT2D eigenvalue weighted by Gasteiger charge is 2.25. The average molecular weight is 241 g/mol. The second-order valence-corrected chi connectivity index (χ2v) is 6.73. The van der Waals surface area contributed by atoms with Gasteiger partial charge in [0.05, 0.1) is 0 Å². The van der Waals surface area contributed by atoms with E-state index in [0.29, 0.717) is 5.54 Å². The fourth-order valence-corrected chi connectivity index (χ4v) is 4.25. The van der Waals surface area contributed by atoms with Crippen LogP contribution in [0, 0.1) is 0 Å². The van der Waals surface area contributed by atoms with Crippen LogP contribution in [0.2, 0.25) is 11.6 Å². The molecule has 0 aromatic rings. The monoisotopic (exact) mass is 241 g/mol. The molecule has 16 heavy (non-hydrogen) atoms. The molecule has 0 bridgehead atoms. The van der Waals surface area contributed by atoms with E-state index < -0.39 is 9.04 Å². The maximum Gasteiger partial charge on any atom is 0.316 e. The first-order valence-electron chi connectivity index (χ1n) is 6.39. The minimum Gasteiger partial charge on any atom is -0.514 e. The zero-order valence-electron chi connectivity index (χ0n) is 10.9. The molecule has 0 aromatic carbocycles. The van der Waals surface area contributed by atoms with Gasteiger partial charge in [0.1, 0.15) is 0 Å². The van der Waals surface area contributed by atoms with Crippen LogP contribution >= 0.6 is 0 Å². The molecule has 1 atom stereocenters. The van der Waals surface area contributed by atoms with Crippen molar-refractivity contribution in [3.63, 3.8) is 0 Å². The molecule has 0 aromatic heterocycles. The van der Waals surface area contributed by atoms with E-state index >= 15 is 0 Å². The van der Waals surface area contributed by atoms with Crippen LogP contribution in [0.1, 0.15) is 52.9 Å². The Kier molecular flexibility index (Phi) is 9.29. The average Bonchev–Trinajstić information content (AvgIpc) is 2.31. The van der Waals surface area contributed by atoms with Crippen molar-refractivity contribution in [2.75, 3.05) is 0 Å². The molecule has 0 aliphatic heterocycles. The molecule has 3 heteroatoms. The quantitative estimate of drug-likeness (QED) is 0.449. The van der Waals surface area contributed by atoms with E-state index in [9.17, 15) is 4.79 Å². The van der Waals surface area contributed by atoms with Crippen LogP contribution in [0.3, 0.4) is 0 Å². The molecular weight excluding hydrogens is 216 g/mol. The molecule has 0 saturated heterocycles. The Balaban J connectivity index is 4.30. The van der Waals surface area contributed by atoms with Crippen LogP contribution in [-0.2, 0) is 9.22 Å². The number of hydrogen-bond donors (Lipinski definition) is 0. The van der Waals surface area contributed by atoms with E-state index in [0.717, 1.165) is 6.04 Å². The van der Waals surface area contributed by atoms with Crippen molar-refractivity contribution >= 4 is 15.0 Å². The maximum absolute atomic E-state index is 11.2. The van der Waals surface area contributed by atoms with Crippen LogP contribution in [0.25, 0.3) is 0 Å². The third-order valence-corrected chi connectivity index (χ3v) is 5.39. The molecule has 0 fully saturated rings. The van der Waals surface area contributed by atoms with Crippen molar-refractivity contribution in [1.82, 2.24) is 0 Å². The highest BCUT2D eigenvalue weighted by atomic mass is 28.3. The summed E-state index contributed by atoms with van der Waals surface area (Å²) in [5, 5.41) is 0. The largest absolute Gasteiger partial charge is 0.514 e. The molecule has 1 radical (unpaired) electrons. The summed E-state index contributed by atoms with van der Waals surface area (Å²) < 4.78 is 5.51. The van der Waals surface area contributed by atoms with Gasteiger partial charge >= 0.3 is 5.97 Å². The summed E-state index contributed by atoms with van der Waals surface area (Å²) in [6.07, 6.45) is 7.31. The number of rotatable bonds is 9. The molecule has 0 saturated carbocycles. The third-order valence-electron chi connectivity index (χ3n) is 2.75. The van der Waals surface area contributed by atoms with Crippen LogP contribution in [0.4, 0.5) is 0 Å². The molecule has 1 unspecified atom stereocenters. The topological polar surface area (TPSA) is 26.3 Å². The minimum absolute atomic E-state index is 0.242. The molecule has 0 N–H and O–H groups in total. The Morgan fingerprint density at radius 1 is 1.31 bits per heavy atom. The lowest BCUT2D eigenvalue weighted by Crippen LogP contribution is -2.26. The lowest BCUT2D eigenvalue weighted by Gasteiger charge is -2.22. The zero-order chi connectivity index (χ0) is 12.4. The van der Waals surface area contributed by atoms with Gasteiger partial charge in [-0.15, -0.1) is 0 Å².